The van der Waals surface area contributed by atoms with E-state index in [0.29, 0.717) is 24.5 Å². The fourth-order valence-corrected chi connectivity index (χ4v) is 1.95. The van der Waals surface area contributed by atoms with Crippen LogP contribution >= 0.6 is 0 Å². The fourth-order valence-electron chi connectivity index (χ4n) is 1.95. The van der Waals surface area contributed by atoms with E-state index < -0.39 is 18.2 Å². The summed E-state index contributed by atoms with van der Waals surface area (Å²) in [6.07, 6.45) is 0.708. The maximum Gasteiger partial charge on any atom is 0.332 e. The van der Waals surface area contributed by atoms with Gasteiger partial charge < -0.3 is 19.6 Å². The molecule has 1 aliphatic heterocycles. The van der Waals surface area contributed by atoms with Gasteiger partial charge in [0, 0.05) is 0 Å². The molecule has 1 amide bonds. The average Bonchev–Trinajstić information content (AvgIpc) is 2.96. The SMILES string of the molecule is Cc1cnc(C(C)NC(=O)[C@@H]2CC[C@H](C(=O)O)O2)o1. The van der Waals surface area contributed by atoms with Crippen molar-refractivity contribution in [3.05, 3.63) is 17.8 Å². The number of nitrogens with zero attached hydrogens (tertiary/aromatic N) is 1. The molecule has 2 N–H and O–H groups in total. The summed E-state index contributed by atoms with van der Waals surface area (Å²) in [5.74, 6) is -0.295. The number of carbonyl (C=O) groups excluding carboxylic acids is 1. The van der Waals surface area contributed by atoms with Gasteiger partial charge in [0.2, 0.25) is 11.8 Å². The van der Waals surface area contributed by atoms with Crippen LogP contribution < -0.4 is 5.32 Å². The molecule has 3 atom stereocenters. The summed E-state index contributed by atoms with van der Waals surface area (Å²) in [7, 11) is 0. The first-order chi connectivity index (χ1) is 8.97. The number of ether oxygens (including phenoxy) is 1. The van der Waals surface area contributed by atoms with Gasteiger partial charge in [0.15, 0.2) is 6.10 Å². The topological polar surface area (TPSA) is 102 Å². The molecule has 1 aromatic heterocycles. The molecule has 1 aromatic rings. The summed E-state index contributed by atoms with van der Waals surface area (Å²) in [5.41, 5.74) is 0. The third-order valence-electron chi connectivity index (χ3n) is 2.96. The summed E-state index contributed by atoms with van der Waals surface area (Å²) in [6.45, 7) is 3.51. The highest BCUT2D eigenvalue weighted by Crippen LogP contribution is 2.21. The monoisotopic (exact) mass is 268 g/mol. The van der Waals surface area contributed by atoms with Crippen molar-refractivity contribution in [2.75, 3.05) is 0 Å². The number of aromatic nitrogens is 1. The lowest BCUT2D eigenvalue weighted by Gasteiger charge is -2.14. The Kier molecular flexibility index (Phi) is 3.84. The van der Waals surface area contributed by atoms with Crippen molar-refractivity contribution in [1.29, 1.82) is 0 Å². The van der Waals surface area contributed by atoms with Crippen molar-refractivity contribution in [3.8, 4) is 0 Å². The van der Waals surface area contributed by atoms with E-state index in [4.69, 9.17) is 14.3 Å². The molecule has 2 rings (SSSR count). The summed E-state index contributed by atoms with van der Waals surface area (Å²) in [5, 5.41) is 11.5. The number of hydrogen-bond donors (Lipinski definition) is 2. The van der Waals surface area contributed by atoms with Crippen molar-refractivity contribution < 1.29 is 23.8 Å². The predicted octanol–water partition coefficient (Wildman–Crippen LogP) is 0.792. The van der Waals surface area contributed by atoms with Crippen LogP contribution in [-0.2, 0) is 14.3 Å². The standard InChI is InChI=1S/C12H16N2O5/c1-6-5-13-11(18-6)7(2)14-10(15)8-3-4-9(19-8)12(16)17/h5,7-9H,3-4H2,1-2H3,(H,14,15)(H,16,17)/t7?,8-,9+/m0/s1. The number of rotatable bonds is 4. The van der Waals surface area contributed by atoms with Gasteiger partial charge in [0.25, 0.3) is 0 Å². The number of amides is 1. The molecule has 0 saturated carbocycles. The summed E-state index contributed by atoms with van der Waals surface area (Å²) < 4.78 is 10.5. The van der Waals surface area contributed by atoms with Crippen LogP contribution in [0.15, 0.2) is 10.6 Å². The minimum absolute atomic E-state index is 0.341. The largest absolute Gasteiger partial charge is 0.479 e. The molecule has 0 spiro atoms. The molecule has 1 aliphatic rings. The van der Waals surface area contributed by atoms with E-state index in [9.17, 15) is 9.59 Å². The van der Waals surface area contributed by atoms with Crippen LogP contribution in [0.1, 0.15) is 37.5 Å². The Morgan fingerprint density at radius 2 is 2.16 bits per heavy atom. The zero-order chi connectivity index (χ0) is 14.0. The van der Waals surface area contributed by atoms with Gasteiger partial charge in [-0.25, -0.2) is 9.78 Å². The van der Waals surface area contributed by atoms with Gasteiger partial charge in [-0.15, -0.1) is 0 Å². The van der Waals surface area contributed by atoms with Gasteiger partial charge in [-0.2, -0.15) is 0 Å². The van der Waals surface area contributed by atoms with Gasteiger partial charge in [-0.05, 0) is 26.7 Å². The lowest BCUT2D eigenvalue weighted by atomic mass is 10.2. The van der Waals surface area contributed by atoms with Gasteiger partial charge in [-0.3, -0.25) is 4.79 Å². The van der Waals surface area contributed by atoms with Crippen molar-refractivity contribution in [2.24, 2.45) is 0 Å². The number of aryl methyl sites for hydroxylation is 1. The quantitative estimate of drug-likeness (QED) is 0.837. The van der Waals surface area contributed by atoms with Gasteiger partial charge in [0.1, 0.15) is 17.9 Å². The summed E-state index contributed by atoms with van der Waals surface area (Å²) in [4.78, 5) is 26.7. The number of carbonyl (C=O) groups is 2. The molecule has 104 valence electrons. The Bertz CT molecular complexity index is 484. The second-order valence-electron chi connectivity index (χ2n) is 4.57. The molecular formula is C12H16N2O5. The van der Waals surface area contributed by atoms with Gasteiger partial charge in [-0.1, -0.05) is 0 Å². The highest BCUT2D eigenvalue weighted by Gasteiger charge is 2.35. The number of oxazole rings is 1. The fraction of sp³-hybridized carbons (Fsp3) is 0.583. The number of nitrogens with one attached hydrogen (secondary N) is 1. The number of aliphatic carboxylic acids is 1. The normalized spacial score (nSPS) is 24.1. The maximum absolute atomic E-state index is 11.9. The average molecular weight is 268 g/mol. The van der Waals surface area contributed by atoms with Crippen LogP contribution in [0.25, 0.3) is 0 Å². The molecule has 0 radical (unpaired) electrons. The molecule has 19 heavy (non-hydrogen) atoms. The molecule has 0 aliphatic carbocycles. The number of hydrogen-bond acceptors (Lipinski definition) is 5. The van der Waals surface area contributed by atoms with E-state index in [2.05, 4.69) is 10.3 Å². The molecule has 2 heterocycles. The molecule has 0 bridgehead atoms. The number of carboxylic acids is 1. The third kappa shape index (κ3) is 3.11. The Morgan fingerprint density at radius 3 is 2.68 bits per heavy atom. The lowest BCUT2D eigenvalue weighted by Crippen LogP contribution is -2.37. The van der Waals surface area contributed by atoms with Crippen molar-refractivity contribution in [1.82, 2.24) is 10.3 Å². The first-order valence-electron chi connectivity index (χ1n) is 6.08. The minimum Gasteiger partial charge on any atom is -0.479 e. The summed E-state index contributed by atoms with van der Waals surface area (Å²) >= 11 is 0. The Balaban J connectivity index is 1.89. The minimum atomic E-state index is -1.04. The second-order valence-corrected chi connectivity index (χ2v) is 4.57. The van der Waals surface area contributed by atoms with E-state index in [1.54, 1.807) is 20.0 Å². The predicted molar refractivity (Wildman–Crippen MR) is 63.3 cm³/mol. The second kappa shape index (κ2) is 5.40. The van der Waals surface area contributed by atoms with E-state index in [1.165, 1.54) is 0 Å². The van der Waals surface area contributed by atoms with Gasteiger partial charge in [0.05, 0.1) is 6.20 Å². The molecule has 1 saturated heterocycles. The van der Waals surface area contributed by atoms with Crippen LogP contribution in [-0.4, -0.2) is 34.2 Å². The highest BCUT2D eigenvalue weighted by atomic mass is 16.5. The smallest absolute Gasteiger partial charge is 0.332 e. The lowest BCUT2D eigenvalue weighted by molar-refractivity contribution is -0.151. The van der Waals surface area contributed by atoms with Crippen LogP contribution in [0.2, 0.25) is 0 Å². The summed E-state index contributed by atoms with van der Waals surface area (Å²) in [6, 6.07) is -0.381. The Morgan fingerprint density at radius 1 is 1.47 bits per heavy atom. The molecule has 7 nitrogen and oxygen atoms in total. The molecule has 0 aromatic carbocycles. The first kappa shape index (κ1) is 13.5. The Labute approximate surface area is 110 Å². The van der Waals surface area contributed by atoms with Crippen molar-refractivity contribution in [3.63, 3.8) is 0 Å². The highest BCUT2D eigenvalue weighted by molar-refractivity contribution is 5.82. The molecule has 7 heteroatoms. The van der Waals surface area contributed by atoms with E-state index in [0.717, 1.165) is 0 Å². The van der Waals surface area contributed by atoms with E-state index in [1.807, 2.05) is 0 Å². The van der Waals surface area contributed by atoms with Crippen molar-refractivity contribution in [2.45, 2.75) is 44.9 Å². The Hall–Kier alpha value is -1.89. The first-order valence-corrected chi connectivity index (χ1v) is 6.08. The molecule has 1 fully saturated rings. The van der Waals surface area contributed by atoms with Crippen molar-refractivity contribution >= 4 is 11.9 Å². The van der Waals surface area contributed by atoms with E-state index in [-0.39, 0.29) is 11.9 Å². The third-order valence-corrected chi connectivity index (χ3v) is 2.96. The van der Waals surface area contributed by atoms with Crippen LogP contribution in [0, 0.1) is 6.92 Å². The van der Waals surface area contributed by atoms with Gasteiger partial charge >= 0.3 is 5.97 Å². The molecule has 1 unspecified atom stereocenters. The zero-order valence-electron chi connectivity index (χ0n) is 10.8. The van der Waals surface area contributed by atoms with Crippen LogP contribution in [0.5, 0.6) is 0 Å². The van der Waals surface area contributed by atoms with Crippen LogP contribution in [0.4, 0.5) is 0 Å². The van der Waals surface area contributed by atoms with Crippen LogP contribution in [0.3, 0.4) is 0 Å². The number of carboxylic acid groups (broad SMARTS) is 1. The van der Waals surface area contributed by atoms with E-state index >= 15 is 0 Å². The maximum atomic E-state index is 11.9. The molecular weight excluding hydrogens is 252 g/mol. The zero-order valence-corrected chi connectivity index (χ0v) is 10.8.